The number of alkyl halides is 3. The van der Waals surface area contributed by atoms with Crippen molar-refractivity contribution in [2.24, 2.45) is 5.92 Å². The summed E-state index contributed by atoms with van der Waals surface area (Å²) >= 11 is 0. The number of benzene rings is 4. The number of aromatic nitrogens is 1. The van der Waals surface area contributed by atoms with E-state index >= 15 is 0 Å². The fraction of sp³-hybridized carbons (Fsp3) is 0.225. The maximum absolute atomic E-state index is 14.8. The zero-order chi connectivity index (χ0) is 35.1. The first-order valence-electron chi connectivity index (χ1n) is 16.4. The summed E-state index contributed by atoms with van der Waals surface area (Å²) in [6, 6.07) is 38.2. The summed E-state index contributed by atoms with van der Waals surface area (Å²) in [6.07, 6.45) is -3.44. The number of pyridine rings is 1. The van der Waals surface area contributed by atoms with Crippen LogP contribution in [-0.4, -0.2) is 57.9 Å². The van der Waals surface area contributed by atoms with Crippen molar-refractivity contribution < 1.29 is 22.8 Å². The lowest BCUT2D eigenvalue weighted by molar-refractivity contribution is -0.192. The highest BCUT2D eigenvalue weighted by Crippen LogP contribution is 2.38. The van der Waals surface area contributed by atoms with Gasteiger partial charge in [-0.05, 0) is 34.4 Å². The predicted molar refractivity (Wildman–Crippen MR) is 187 cm³/mol. The van der Waals surface area contributed by atoms with Gasteiger partial charge in [0.25, 0.3) is 0 Å². The van der Waals surface area contributed by atoms with Crippen LogP contribution in [0.2, 0.25) is 0 Å². The highest BCUT2D eigenvalue weighted by Gasteiger charge is 2.48. The monoisotopic (exact) mass is 677 g/mol. The molecule has 1 saturated heterocycles. The van der Waals surface area contributed by atoms with Gasteiger partial charge in [-0.1, -0.05) is 121 Å². The van der Waals surface area contributed by atoms with Gasteiger partial charge in [-0.2, -0.15) is 13.2 Å². The molecule has 2 heterocycles. The average Bonchev–Trinajstić information content (AvgIpc) is 3.13. The van der Waals surface area contributed by atoms with E-state index in [0.29, 0.717) is 5.69 Å². The summed E-state index contributed by atoms with van der Waals surface area (Å²) in [6.45, 7) is 0.432. The fourth-order valence-corrected chi connectivity index (χ4v) is 6.44. The number of hydrogen-bond donors (Lipinski definition) is 1. The number of carbonyl (C=O) groups excluding carboxylic acids is 2. The number of halogens is 3. The molecule has 1 aliphatic heterocycles. The molecule has 3 amide bonds. The van der Waals surface area contributed by atoms with Gasteiger partial charge in [-0.3, -0.25) is 9.78 Å². The first-order chi connectivity index (χ1) is 24.2. The van der Waals surface area contributed by atoms with Crippen LogP contribution < -0.4 is 5.32 Å². The van der Waals surface area contributed by atoms with Crippen molar-refractivity contribution in [3.63, 3.8) is 0 Å². The average molecular weight is 678 g/mol. The molecule has 10 heteroatoms. The Morgan fingerprint density at radius 1 is 0.760 bits per heavy atom. The molecule has 0 aliphatic carbocycles. The smallest absolute Gasteiger partial charge is 0.373 e. The van der Waals surface area contributed by atoms with Crippen molar-refractivity contribution in [2.45, 2.75) is 31.3 Å². The van der Waals surface area contributed by atoms with Gasteiger partial charge in [0.15, 0.2) is 6.04 Å². The van der Waals surface area contributed by atoms with Gasteiger partial charge in [-0.15, -0.1) is 0 Å². The van der Waals surface area contributed by atoms with Crippen LogP contribution >= 0.6 is 0 Å². The van der Waals surface area contributed by atoms with E-state index in [4.69, 9.17) is 0 Å². The number of carbonyl (C=O) groups is 2. The number of hydrogen-bond acceptors (Lipinski definition) is 4. The van der Waals surface area contributed by atoms with Crippen LogP contribution in [0.4, 0.5) is 23.7 Å². The molecule has 0 unspecified atom stereocenters. The molecule has 4 aromatic carbocycles. The van der Waals surface area contributed by atoms with E-state index in [1.165, 1.54) is 22.1 Å². The van der Waals surface area contributed by atoms with Crippen molar-refractivity contribution in [2.75, 3.05) is 25.5 Å². The molecule has 1 aromatic heterocycles. The van der Waals surface area contributed by atoms with Crippen LogP contribution in [0.1, 0.15) is 40.0 Å². The van der Waals surface area contributed by atoms with Crippen molar-refractivity contribution in [3.8, 4) is 0 Å². The molecule has 0 radical (unpaired) electrons. The molecule has 5 aromatic rings. The lowest BCUT2D eigenvalue weighted by Gasteiger charge is -2.41. The topological polar surface area (TPSA) is 68.8 Å². The maximum Gasteiger partial charge on any atom is 0.414 e. The normalized spacial score (nSPS) is 14.5. The zero-order valence-electron chi connectivity index (χ0n) is 27.6. The molecule has 7 nitrogen and oxygen atoms in total. The predicted octanol–water partition coefficient (Wildman–Crippen LogP) is 8.10. The minimum absolute atomic E-state index is 0.0105. The van der Waals surface area contributed by atoms with Crippen molar-refractivity contribution in [1.82, 2.24) is 19.7 Å². The summed E-state index contributed by atoms with van der Waals surface area (Å²) < 4.78 is 44.4. The van der Waals surface area contributed by atoms with Gasteiger partial charge >= 0.3 is 12.2 Å². The Morgan fingerprint density at radius 2 is 1.22 bits per heavy atom. The number of nitrogens with zero attached hydrogens (tertiary/aromatic N) is 4. The van der Waals surface area contributed by atoms with Gasteiger partial charge in [0.1, 0.15) is 0 Å². The number of urea groups is 1. The second-order valence-corrected chi connectivity index (χ2v) is 12.5. The van der Waals surface area contributed by atoms with Gasteiger partial charge in [-0.25, -0.2) is 4.79 Å². The molecule has 256 valence electrons. The standard InChI is InChI=1S/C40H38F3N5O2/c1-46(38(49)33-27-47(25-29-14-6-2-7-15-29)39(50)48(28-33)26-30-16-8-3-9-17-30)37(40(41,42)43)35-23-22-34(24-44-35)45-36(31-18-10-4-11-19-31)32-20-12-5-13-21-32/h2-24,33,36-37,45H,25-28H2,1H3/t37-/m0/s1. The number of anilines is 1. The summed E-state index contributed by atoms with van der Waals surface area (Å²) in [5.41, 5.74) is 3.90. The SMILES string of the molecule is CN(C(=O)C1CN(Cc2ccccc2)C(=O)N(Cc2ccccc2)C1)[C@@H](c1ccc(NC(c2ccccc2)c2ccccc2)cn1)C(F)(F)F. The molecule has 1 N–H and O–H groups in total. The Balaban J connectivity index is 1.23. The minimum atomic E-state index is -4.80. The van der Waals surface area contributed by atoms with Gasteiger partial charge in [0, 0.05) is 33.2 Å². The first-order valence-corrected chi connectivity index (χ1v) is 16.4. The Kier molecular flexibility index (Phi) is 10.5. The third-order valence-corrected chi connectivity index (χ3v) is 8.89. The maximum atomic E-state index is 14.8. The second-order valence-electron chi connectivity index (χ2n) is 12.5. The molecule has 1 atom stereocenters. The number of rotatable bonds is 11. The van der Waals surface area contributed by atoms with Gasteiger partial charge in [0.2, 0.25) is 5.91 Å². The van der Waals surface area contributed by atoms with Gasteiger partial charge in [0.05, 0.1) is 29.5 Å². The molecule has 1 fully saturated rings. The van der Waals surface area contributed by atoms with Crippen LogP contribution in [-0.2, 0) is 17.9 Å². The Labute approximate surface area is 290 Å². The van der Waals surface area contributed by atoms with E-state index in [1.54, 1.807) is 6.07 Å². The molecule has 6 rings (SSSR count). The third kappa shape index (κ3) is 8.14. The summed E-state index contributed by atoms with van der Waals surface area (Å²) in [4.78, 5) is 35.7. The largest absolute Gasteiger partial charge is 0.414 e. The molecular formula is C40H38F3N5O2. The molecule has 0 bridgehead atoms. The number of amides is 3. The van der Waals surface area contributed by atoms with Crippen LogP contribution in [0, 0.1) is 5.92 Å². The Morgan fingerprint density at radius 3 is 1.64 bits per heavy atom. The third-order valence-electron chi connectivity index (χ3n) is 8.89. The van der Waals surface area contributed by atoms with Crippen molar-refractivity contribution in [3.05, 3.63) is 168 Å². The highest BCUT2D eigenvalue weighted by molar-refractivity contribution is 5.83. The summed E-state index contributed by atoms with van der Waals surface area (Å²) in [5.74, 6) is -1.61. The molecule has 0 saturated carbocycles. The summed E-state index contributed by atoms with van der Waals surface area (Å²) in [5, 5.41) is 3.41. The van der Waals surface area contributed by atoms with E-state index in [9.17, 15) is 22.8 Å². The molecule has 0 spiro atoms. The zero-order valence-corrected chi connectivity index (χ0v) is 27.6. The van der Waals surface area contributed by atoms with E-state index < -0.39 is 24.0 Å². The Hall–Kier alpha value is -5.64. The number of nitrogens with one attached hydrogen (secondary N) is 1. The quantitative estimate of drug-likeness (QED) is 0.154. The van der Waals surface area contributed by atoms with Crippen LogP contribution in [0.5, 0.6) is 0 Å². The van der Waals surface area contributed by atoms with E-state index in [1.807, 2.05) is 121 Å². The highest BCUT2D eigenvalue weighted by atomic mass is 19.4. The van der Waals surface area contributed by atoms with Crippen molar-refractivity contribution >= 4 is 17.6 Å². The van der Waals surface area contributed by atoms with E-state index in [0.717, 1.165) is 34.2 Å². The second kappa shape index (κ2) is 15.3. The lowest BCUT2D eigenvalue weighted by atomic mass is 9.98. The first kappa shape index (κ1) is 34.2. The van der Waals surface area contributed by atoms with Crippen molar-refractivity contribution in [1.29, 1.82) is 0 Å². The van der Waals surface area contributed by atoms with E-state index in [2.05, 4.69) is 10.3 Å². The Bertz CT molecular complexity index is 1750. The fourth-order valence-electron chi connectivity index (χ4n) is 6.44. The molecule has 1 aliphatic rings. The van der Waals surface area contributed by atoms with Crippen LogP contribution in [0.25, 0.3) is 0 Å². The van der Waals surface area contributed by atoms with Crippen LogP contribution in [0.3, 0.4) is 0 Å². The lowest BCUT2D eigenvalue weighted by Crippen LogP contribution is -2.57. The van der Waals surface area contributed by atoms with Crippen LogP contribution in [0.15, 0.2) is 140 Å². The minimum Gasteiger partial charge on any atom is -0.373 e. The molecule has 50 heavy (non-hydrogen) atoms. The molecular weight excluding hydrogens is 639 g/mol. The summed E-state index contributed by atoms with van der Waals surface area (Å²) in [7, 11) is 1.16. The van der Waals surface area contributed by atoms with E-state index in [-0.39, 0.29) is 43.9 Å². The van der Waals surface area contributed by atoms with Gasteiger partial charge < -0.3 is 20.0 Å².